The molecule has 5 nitrogen and oxygen atoms in total. The van der Waals surface area contributed by atoms with E-state index in [2.05, 4.69) is 15.1 Å². The van der Waals surface area contributed by atoms with Crippen molar-refractivity contribution in [1.82, 2.24) is 15.1 Å². The number of hydrogen-bond acceptors (Lipinski definition) is 4. The van der Waals surface area contributed by atoms with Crippen LogP contribution in [-0.2, 0) is 6.42 Å². The fourth-order valence-corrected chi connectivity index (χ4v) is 2.32. The summed E-state index contributed by atoms with van der Waals surface area (Å²) in [6.07, 6.45) is 4.67. The minimum absolute atomic E-state index is 0.434. The molecule has 1 fully saturated rings. The van der Waals surface area contributed by atoms with Crippen LogP contribution >= 0.6 is 0 Å². The van der Waals surface area contributed by atoms with E-state index in [1.807, 2.05) is 6.92 Å². The number of nitrogens with zero attached hydrogens (tertiary/aromatic N) is 4. The first-order valence-corrected chi connectivity index (χ1v) is 6.33. The summed E-state index contributed by atoms with van der Waals surface area (Å²) in [4.78, 5) is 2.43. The van der Waals surface area contributed by atoms with Gasteiger partial charge in [0, 0.05) is 19.9 Å². The molecule has 1 aromatic heterocycles. The molecule has 0 spiro atoms. The lowest BCUT2D eigenvalue weighted by molar-refractivity contribution is -0.625. The second kappa shape index (κ2) is 5.40. The van der Waals surface area contributed by atoms with E-state index in [4.69, 9.17) is 0 Å². The van der Waals surface area contributed by atoms with Crippen LogP contribution in [0.5, 0.6) is 0 Å². The Hall–Kier alpha value is -1.23. The minimum Gasteiger partial charge on any atom is -0.710 e. The Kier molecular flexibility index (Phi) is 3.89. The number of likely N-dealkylation sites (tertiary alicyclic amines) is 1. The maximum atomic E-state index is 11.9. The lowest BCUT2D eigenvalue weighted by Crippen LogP contribution is -2.41. The molecule has 2 heterocycles. The smallest absolute Gasteiger partial charge is 0.326 e. The van der Waals surface area contributed by atoms with E-state index in [-0.39, 0.29) is 0 Å². The molecule has 94 valence electrons. The van der Waals surface area contributed by atoms with Gasteiger partial charge in [-0.3, -0.25) is 0 Å². The number of hydrogen-bond donors (Lipinski definition) is 0. The van der Waals surface area contributed by atoms with Crippen molar-refractivity contribution in [1.29, 1.82) is 0 Å². The number of aryl methyl sites for hydroxylation is 2. The molecule has 0 N–H and O–H groups in total. The molecular formula is C12H20N4O. The summed E-state index contributed by atoms with van der Waals surface area (Å²) in [5.41, 5.74) is 1.52. The van der Waals surface area contributed by atoms with Gasteiger partial charge in [0.05, 0.1) is 5.10 Å². The molecule has 1 aliphatic heterocycles. The molecule has 17 heavy (non-hydrogen) atoms. The van der Waals surface area contributed by atoms with Crippen LogP contribution in [0.4, 0.5) is 0 Å². The van der Waals surface area contributed by atoms with Crippen molar-refractivity contribution in [2.75, 3.05) is 19.6 Å². The first-order valence-electron chi connectivity index (χ1n) is 6.33. The molecule has 0 aromatic carbocycles. The van der Waals surface area contributed by atoms with Crippen LogP contribution in [0, 0.1) is 19.1 Å². The van der Waals surface area contributed by atoms with Crippen LogP contribution in [0.2, 0.25) is 0 Å². The number of piperidine rings is 1. The fraction of sp³-hybridized carbons (Fsp3) is 0.750. The molecule has 1 saturated heterocycles. The summed E-state index contributed by atoms with van der Waals surface area (Å²) in [6.45, 7) is 6.83. The van der Waals surface area contributed by atoms with Gasteiger partial charge < -0.3 is 10.1 Å². The van der Waals surface area contributed by atoms with Crippen LogP contribution in [0.1, 0.15) is 36.5 Å². The highest BCUT2D eigenvalue weighted by molar-refractivity contribution is 5.02. The Balaban J connectivity index is 2.00. The normalized spacial score (nSPS) is 17.3. The largest absolute Gasteiger partial charge is 0.710 e. The third-order valence-electron chi connectivity index (χ3n) is 3.41. The molecule has 0 atom stereocenters. The van der Waals surface area contributed by atoms with E-state index in [0.29, 0.717) is 5.82 Å². The predicted octanol–water partition coefficient (Wildman–Crippen LogP) is 0.755. The summed E-state index contributed by atoms with van der Waals surface area (Å²) in [6, 6.07) is 0. The van der Waals surface area contributed by atoms with Crippen LogP contribution < -0.4 is 4.73 Å². The van der Waals surface area contributed by atoms with Gasteiger partial charge in [0.1, 0.15) is 11.4 Å². The molecule has 0 bridgehead atoms. The average molecular weight is 236 g/mol. The summed E-state index contributed by atoms with van der Waals surface area (Å²) in [5, 5.41) is 19.7. The zero-order chi connectivity index (χ0) is 12.3. The molecule has 0 aliphatic carbocycles. The second-order valence-electron chi connectivity index (χ2n) is 4.73. The van der Waals surface area contributed by atoms with Crippen LogP contribution in [-0.4, -0.2) is 34.7 Å². The SMILES string of the molecule is Cc1nnc(C)[n+]([O-])c1CCN1CCCCC1. The highest BCUT2D eigenvalue weighted by Gasteiger charge is 2.15. The van der Waals surface area contributed by atoms with E-state index in [0.717, 1.165) is 42.2 Å². The zero-order valence-corrected chi connectivity index (χ0v) is 10.6. The zero-order valence-electron chi connectivity index (χ0n) is 10.6. The lowest BCUT2D eigenvalue weighted by atomic mass is 10.1. The predicted molar refractivity (Wildman–Crippen MR) is 64.5 cm³/mol. The van der Waals surface area contributed by atoms with Crippen LogP contribution in [0.25, 0.3) is 0 Å². The number of aromatic nitrogens is 3. The summed E-state index contributed by atoms with van der Waals surface area (Å²) >= 11 is 0. The van der Waals surface area contributed by atoms with Crippen molar-refractivity contribution in [2.24, 2.45) is 0 Å². The second-order valence-corrected chi connectivity index (χ2v) is 4.73. The Morgan fingerprint density at radius 1 is 1.18 bits per heavy atom. The van der Waals surface area contributed by atoms with E-state index < -0.39 is 0 Å². The standard InChI is InChI=1S/C12H20N4O/c1-10-12(16(17)11(2)14-13-10)6-9-15-7-4-3-5-8-15/h3-9H2,1-2H3. The van der Waals surface area contributed by atoms with Gasteiger partial charge in [-0.05, 0) is 38.0 Å². The molecule has 0 saturated carbocycles. The Labute approximate surface area is 102 Å². The molecule has 0 radical (unpaired) electrons. The summed E-state index contributed by atoms with van der Waals surface area (Å²) in [5.74, 6) is 0.434. The van der Waals surface area contributed by atoms with Gasteiger partial charge in [0.25, 0.3) is 0 Å². The van der Waals surface area contributed by atoms with Gasteiger partial charge >= 0.3 is 5.82 Å². The van der Waals surface area contributed by atoms with Gasteiger partial charge in [-0.25, -0.2) is 4.73 Å². The number of rotatable bonds is 3. The third-order valence-corrected chi connectivity index (χ3v) is 3.41. The molecule has 0 amide bonds. The molecule has 1 aromatic rings. The molecule has 1 aliphatic rings. The first kappa shape index (κ1) is 12.2. The van der Waals surface area contributed by atoms with Gasteiger partial charge in [-0.1, -0.05) is 6.42 Å². The van der Waals surface area contributed by atoms with Crippen molar-refractivity contribution in [2.45, 2.75) is 39.5 Å². The van der Waals surface area contributed by atoms with Crippen molar-refractivity contribution in [3.8, 4) is 0 Å². The van der Waals surface area contributed by atoms with Gasteiger partial charge in [-0.15, -0.1) is 0 Å². The van der Waals surface area contributed by atoms with E-state index in [9.17, 15) is 5.21 Å². The van der Waals surface area contributed by atoms with Gasteiger partial charge in [-0.2, -0.15) is 0 Å². The third kappa shape index (κ3) is 2.91. The van der Waals surface area contributed by atoms with Gasteiger partial charge in [0.2, 0.25) is 0 Å². The van der Waals surface area contributed by atoms with Crippen molar-refractivity contribution < 1.29 is 4.73 Å². The molecule has 2 rings (SSSR count). The molecular weight excluding hydrogens is 216 g/mol. The summed E-state index contributed by atoms with van der Waals surface area (Å²) < 4.78 is 0.923. The van der Waals surface area contributed by atoms with Crippen molar-refractivity contribution in [3.05, 3.63) is 22.4 Å². The van der Waals surface area contributed by atoms with E-state index in [1.165, 1.54) is 19.3 Å². The van der Waals surface area contributed by atoms with Gasteiger partial charge in [0.15, 0.2) is 0 Å². The summed E-state index contributed by atoms with van der Waals surface area (Å²) in [7, 11) is 0. The maximum Gasteiger partial charge on any atom is 0.326 e. The van der Waals surface area contributed by atoms with Crippen molar-refractivity contribution >= 4 is 0 Å². The highest BCUT2D eigenvalue weighted by atomic mass is 16.5. The van der Waals surface area contributed by atoms with Crippen LogP contribution in [0.3, 0.4) is 0 Å². The Morgan fingerprint density at radius 3 is 2.59 bits per heavy atom. The Bertz CT molecular complexity index is 388. The lowest BCUT2D eigenvalue weighted by Gasteiger charge is -2.26. The minimum atomic E-state index is 0.434. The first-order chi connectivity index (χ1) is 8.18. The topological polar surface area (TPSA) is 56.0 Å². The quantitative estimate of drug-likeness (QED) is 0.574. The average Bonchev–Trinajstić information content (AvgIpc) is 2.35. The Morgan fingerprint density at radius 2 is 1.88 bits per heavy atom. The highest BCUT2D eigenvalue weighted by Crippen LogP contribution is 2.09. The van der Waals surface area contributed by atoms with Crippen molar-refractivity contribution in [3.63, 3.8) is 0 Å². The monoisotopic (exact) mass is 236 g/mol. The fourth-order valence-electron chi connectivity index (χ4n) is 2.32. The maximum absolute atomic E-state index is 11.9. The van der Waals surface area contributed by atoms with E-state index >= 15 is 0 Å². The molecule has 0 unspecified atom stereocenters. The molecule has 5 heteroatoms. The van der Waals surface area contributed by atoms with Crippen LogP contribution in [0.15, 0.2) is 0 Å². The van der Waals surface area contributed by atoms with E-state index in [1.54, 1.807) is 6.92 Å².